The van der Waals surface area contributed by atoms with Gasteiger partial charge in [-0.15, -0.1) is 11.3 Å². The van der Waals surface area contributed by atoms with Crippen molar-refractivity contribution in [2.75, 3.05) is 6.54 Å². The van der Waals surface area contributed by atoms with Gasteiger partial charge in [0.1, 0.15) is 11.4 Å². The zero-order chi connectivity index (χ0) is 15.4. The molecule has 0 radical (unpaired) electrons. The van der Waals surface area contributed by atoms with Crippen LogP contribution in [-0.4, -0.2) is 22.0 Å². The van der Waals surface area contributed by atoms with Crippen LogP contribution in [0.4, 0.5) is 0 Å². The smallest absolute Gasteiger partial charge is 0.262 e. The van der Waals surface area contributed by atoms with E-state index in [1.54, 1.807) is 6.07 Å². The zero-order valence-electron chi connectivity index (χ0n) is 12.6. The van der Waals surface area contributed by atoms with Crippen LogP contribution in [-0.2, 0) is 11.3 Å². The van der Waals surface area contributed by atoms with Gasteiger partial charge in [0.25, 0.3) is 5.56 Å². The van der Waals surface area contributed by atoms with Gasteiger partial charge in [-0.3, -0.25) is 14.2 Å². The fraction of sp³-hybridized carbons (Fsp3) is 0.562. The molecular weight excluding hydrogens is 298 g/mol. The Hall–Kier alpha value is -1.69. The predicted octanol–water partition coefficient (Wildman–Crippen LogP) is 2.54. The number of amides is 1. The summed E-state index contributed by atoms with van der Waals surface area (Å²) >= 11 is 1.43. The number of hydrogen-bond donors (Lipinski definition) is 1. The Morgan fingerprint density at radius 2 is 2.18 bits per heavy atom. The van der Waals surface area contributed by atoms with E-state index in [1.165, 1.54) is 54.3 Å². The highest BCUT2D eigenvalue weighted by atomic mass is 32.1. The van der Waals surface area contributed by atoms with Crippen LogP contribution in [0.2, 0.25) is 0 Å². The van der Waals surface area contributed by atoms with E-state index < -0.39 is 0 Å². The van der Waals surface area contributed by atoms with Crippen LogP contribution in [0.25, 0.3) is 10.2 Å². The maximum atomic E-state index is 12.2. The van der Waals surface area contributed by atoms with Gasteiger partial charge in [0.2, 0.25) is 5.91 Å². The third kappa shape index (κ3) is 3.55. The van der Waals surface area contributed by atoms with Crippen molar-refractivity contribution in [3.63, 3.8) is 0 Å². The quantitative estimate of drug-likeness (QED) is 0.921. The third-order valence-electron chi connectivity index (χ3n) is 4.36. The van der Waals surface area contributed by atoms with Crippen molar-refractivity contribution in [3.8, 4) is 0 Å². The van der Waals surface area contributed by atoms with Gasteiger partial charge >= 0.3 is 0 Å². The highest BCUT2D eigenvalue weighted by Gasteiger charge is 2.14. The zero-order valence-corrected chi connectivity index (χ0v) is 13.4. The number of carbonyl (C=O) groups is 1. The molecule has 1 N–H and O–H groups in total. The number of rotatable bonds is 5. The Morgan fingerprint density at radius 3 is 3.00 bits per heavy atom. The molecule has 2 heterocycles. The van der Waals surface area contributed by atoms with Crippen LogP contribution >= 0.6 is 11.3 Å². The summed E-state index contributed by atoms with van der Waals surface area (Å²) in [5, 5.41) is 5.35. The van der Waals surface area contributed by atoms with Crippen molar-refractivity contribution in [3.05, 3.63) is 28.1 Å². The van der Waals surface area contributed by atoms with E-state index in [-0.39, 0.29) is 18.0 Å². The molecule has 0 unspecified atom stereocenters. The number of hydrogen-bond acceptors (Lipinski definition) is 4. The molecule has 22 heavy (non-hydrogen) atoms. The van der Waals surface area contributed by atoms with E-state index in [9.17, 15) is 9.59 Å². The number of aromatic nitrogens is 2. The molecule has 0 bridgehead atoms. The van der Waals surface area contributed by atoms with Gasteiger partial charge in [-0.1, -0.05) is 32.1 Å². The number of thiophene rings is 1. The molecule has 0 saturated heterocycles. The van der Waals surface area contributed by atoms with Crippen molar-refractivity contribution < 1.29 is 4.79 Å². The van der Waals surface area contributed by atoms with Gasteiger partial charge in [0.15, 0.2) is 0 Å². The van der Waals surface area contributed by atoms with Crippen LogP contribution in [0.15, 0.2) is 22.6 Å². The Balaban J connectivity index is 1.52. The fourth-order valence-electron chi connectivity index (χ4n) is 3.11. The van der Waals surface area contributed by atoms with Crippen molar-refractivity contribution >= 4 is 27.5 Å². The molecule has 0 aromatic carbocycles. The SMILES string of the molecule is O=C(Cn1cnc2sccc2c1=O)NCCC1CCCCC1. The highest BCUT2D eigenvalue weighted by molar-refractivity contribution is 7.16. The molecule has 118 valence electrons. The minimum Gasteiger partial charge on any atom is -0.355 e. The van der Waals surface area contributed by atoms with Gasteiger partial charge < -0.3 is 5.32 Å². The number of carbonyl (C=O) groups excluding carboxylic acids is 1. The van der Waals surface area contributed by atoms with E-state index in [1.807, 2.05) is 5.38 Å². The Kier molecular flexibility index (Phi) is 4.87. The van der Waals surface area contributed by atoms with Crippen molar-refractivity contribution in [2.45, 2.75) is 45.1 Å². The van der Waals surface area contributed by atoms with Crippen molar-refractivity contribution in [2.24, 2.45) is 5.92 Å². The topological polar surface area (TPSA) is 64.0 Å². The van der Waals surface area contributed by atoms with Gasteiger partial charge in [-0.25, -0.2) is 4.98 Å². The highest BCUT2D eigenvalue weighted by Crippen LogP contribution is 2.25. The van der Waals surface area contributed by atoms with Gasteiger partial charge in [0.05, 0.1) is 11.7 Å². The van der Waals surface area contributed by atoms with E-state index in [2.05, 4.69) is 10.3 Å². The summed E-state index contributed by atoms with van der Waals surface area (Å²) in [5.74, 6) is 0.634. The molecule has 6 heteroatoms. The summed E-state index contributed by atoms with van der Waals surface area (Å²) in [6.07, 6.45) is 9.07. The maximum absolute atomic E-state index is 12.2. The summed E-state index contributed by atoms with van der Waals surface area (Å²) in [4.78, 5) is 29.1. The maximum Gasteiger partial charge on any atom is 0.262 e. The first kappa shape index (κ1) is 15.2. The van der Waals surface area contributed by atoms with Crippen molar-refractivity contribution in [1.82, 2.24) is 14.9 Å². The molecule has 1 saturated carbocycles. The van der Waals surface area contributed by atoms with Crippen LogP contribution in [0.3, 0.4) is 0 Å². The molecular formula is C16H21N3O2S. The Bertz CT molecular complexity index is 701. The standard InChI is InChI=1S/C16H21N3O2S/c20-14(17-8-6-12-4-2-1-3-5-12)10-19-11-18-15-13(16(19)21)7-9-22-15/h7,9,11-12H,1-6,8,10H2,(H,17,20). The van der Waals surface area contributed by atoms with E-state index in [0.29, 0.717) is 11.9 Å². The monoisotopic (exact) mass is 319 g/mol. The first-order valence-corrected chi connectivity index (χ1v) is 8.81. The molecule has 1 aliphatic rings. The number of fused-ring (bicyclic) bond motifs is 1. The minimum atomic E-state index is -0.145. The average Bonchev–Trinajstić information content (AvgIpc) is 3.01. The predicted molar refractivity (Wildman–Crippen MR) is 88.1 cm³/mol. The van der Waals surface area contributed by atoms with E-state index in [4.69, 9.17) is 0 Å². The lowest BCUT2D eigenvalue weighted by molar-refractivity contribution is -0.121. The molecule has 0 atom stereocenters. The lowest BCUT2D eigenvalue weighted by Gasteiger charge is -2.21. The molecule has 5 nitrogen and oxygen atoms in total. The van der Waals surface area contributed by atoms with Crippen LogP contribution < -0.4 is 10.9 Å². The fourth-order valence-corrected chi connectivity index (χ4v) is 3.83. The first-order chi connectivity index (χ1) is 10.7. The molecule has 2 aromatic heterocycles. The van der Waals surface area contributed by atoms with Crippen LogP contribution in [0.5, 0.6) is 0 Å². The molecule has 1 amide bonds. The lowest BCUT2D eigenvalue weighted by atomic mass is 9.87. The number of nitrogens with zero attached hydrogens (tertiary/aromatic N) is 2. The van der Waals surface area contributed by atoms with E-state index >= 15 is 0 Å². The summed E-state index contributed by atoms with van der Waals surface area (Å²) < 4.78 is 1.38. The van der Waals surface area contributed by atoms with Gasteiger partial charge in [-0.05, 0) is 23.8 Å². The lowest BCUT2D eigenvalue weighted by Crippen LogP contribution is -2.33. The second-order valence-corrected chi connectivity index (χ2v) is 6.85. The minimum absolute atomic E-state index is 0.0439. The second kappa shape index (κ2) is 7.05. The van der Waals surface area contributed by atoms with Crippen LogP contribution in [0, 0.1) is 5.92 Å². The Morgan fingerprint density at radius 1 is 1.36 bits per heavy atom. The third-order valence-corrected chi connectivity index (χ3v) is 5.18. The van der Waals surface area contributed by atoms with Crippen LogP contribution in [0.1, 0.15) is 38.5 Å². The number of nitrogens with one attached hydrogen (secondary N) is 1. The van der Waals surface area contributed by atoms with Crippen molar-refractivity contribution in [1.29, 1.82) is 0 Å². The molecule has 1 aliphatic carbocycles. The molecule has 0 aliphatic heterocycles. The molecule has 1 fully saturated rings. The summed E-state index contributed by atoms with van der Waals surface area (Å²) in [5.41, 5.74) is -0.145. The van der Waals surface area contributed by atoms with Gasteiger partial charge in [0, 0.05) is 6.54 Å². The summed E-state index contributed by atoms with van der Waals surface area (Å²) in [7, 11) is 0. The van der Waals surface area contributed by atoms with Gasteiger partial charge in [-0.2, -0.15) is 0 Å². The summed E-state index contributed by atoms with van der Waals surface area (Å²) in [6, 6.07) is 1.76. The first-order valence-electron chi connectivity index (χ1n) is 7.93. The molecule has 0 spiro atoms. The largest absolute Gasteiger partial charge is 0.355 e. The van der Waals surface area contributed by atoms with E-state index in [0.717, 1.165) is 17.2 Å². The normalized spacial score (nSPS) is 16.0. The molecule has 2 aromatic rings. The average molecular weight is 319 g/mol. The molecule has 3 rings (SSSR count). The second-order valence-electron chi connectivity index (χ2n) is 5.96. The Labute approximate surface area is 133 Å². The summed E-state index contributed by atoms with van der Waals surface area (Å²) in [6.45, 7) is 0.745.